The van der Waals surface area contributed by atoms with Crippen molar-refractivity contribution < 1.29 is 14.2 Å². The van der Waals surface area contributed by atoms with Gasteiger partial charge in [0.05, 0.1) is 25.9 Å². The summed E-state index contributed by atoms with van der Waals surface area (Å²) in [6.45, 7) is 2.55. The minimum absolute atomic E-state index is 0.211. The van der Waals surface area contributed by atoms with Gasteiger partial charge in [-0.2, -0.15) is 0 Å². The molecule has 1 aliphatic heterocycles. The molecule has 144 valence electrons. The normalized spacial score (nSPS) is 20.6. The lowest BCUT2D eigenvalue weighted by Gasteiger charge is -2.35. The Bertz CT molecular complexity index is 728. The number of nitrogens with zero attached hydrogens (tertiary/aromatic N) is 1. The molecule has 2 fully saturated rings. The van der Waals surface area contributed by atoms with Crippen LogP contribution < -0.4 is 14.4 Å². The van der Waals surface area contributed by atoms with Crippen LogP contribution in [0.3, 0.4) is 0 Å². The van der Waals surface area contributed by atoms with Crippen molar-refractivity contribution >= 4 is 5.69 Å². The second-order valence-corrected chi connectivity index (χ2v) is 7.49. The molecule has 1 unspecified atom stereocenters. The molecule has 2 aliphatic rings. The number of ether oxygens (including phenoxy) is 3. The summed E-state index contributed by atoms with van der Waals surface area (Å²) in [7, 11) is 1.71. The predicted octanol–water partition coefficient (Wildman–Crippen LogP) is 4.46. The molecule has 0 spiro atoms. The molecule has 1 atom stereocenters. The quantitative estimate of drug-likeness (QED) is 0.754. The first-order valence-corrected chi connectivity index (χ1v) is 10.1. The van der Waals surface area contributed by atoms with E-state index >= 15 is 0 Å². The Morgan fingerprint density at radius 3 is 2.63 bits per heavy atom. The van der Waals surface area contributed by atoms with Gasteiger partial charge in [0, 0.05) is 31.3 Å². The molecule has 27 heavy (non-hydrogen) atoms. The molecule has 4 heteroatoms. The van der Waals surface area contributed by atoms with Gasteiger partial charge in [-0.15, -0.1) is 0 Å². The molecule has 4 rings (SSSR count). The van der Waals surface area contributed by atoms with Gasteiger partial charge in [0.1, 0.15) is 0 Å². The molecule has 0 bridgehead atoms. The van der Waals surface area contributed by atoms with Gasteiger partial charge in [-0.25, -0.2) is 0 Å². The predicted molar refractivity (Wildman–Crippen MR) is 108 cm³/mol. The van der Waals surface area contributed by atoms with Crippen LogP contribution in [0.1, 0.15) is 31.2 Å². The smallest absolute Gasteiger partial charge is 0.163 e. The number of anilines is 1. The summed E-state index contributed by atoms with van der Waals surface area (Å²) in [5.41, 5.74) is 2.51. The minimum Gasteiger partial charge on any atom is -0.493 e. The summed E-state index contributed by atoms with van der Waals surface area (Å²) in [6.07, 6.45) is 6.29. The summed E-state index contributed by atoms with van der Waals surface area (Å²) in [5, 5.41) is 0. The van der Waals surface area contributed by atoms with Gasteiger partial charge in [0.2, 0.25) is 0 Å². The van der Waals surface area contributed by atoms with Crippen molar-refractivity contribution in [1.82, 2.24) is 0 Å². The van der Waals surface area contributed by atoms with E-state index in [1.807, 2.05) is 6.07 Å². The van der Waals surface area contributed by atoms with Gasteiger partial charge in [-0.3, -0.25) is 0 Å². The standard InChI is InChI=1S/C23H29NO3/c1-25-22-12-11-19(16-23(22)27-20-9-5-6-10-20)24-13-14-26-21(17-24)15-18-7-3-2-4-8-18/h2-4,7-8,11-12,16,20-21H,5-6,9-10,13-15,17H2,1H3. The van der Waals surface area contributed by atoms with Crippen LogP contribution in [-0.2, 0) is 11.2 Å². The monoisotopic (exact) mass is 367 g/mol. The third kappa shape index (κ3) is 4.56. The van der Waals surface area contributed by atoms with Gasteiger partial charge in [-0.1, -0.05) is 30.3 Å². The van der Waals surface area contributed by atoms with Gasteiger partial charge < -0.3 is 19.1 Å². The van der Waals surface area contributed by atoms with E-state index in [4.69, 9.17) is 14.2 Å². The topological polar surface area (TPSA) is 30.9 Å². The molecule has 0 amide bonds. The highest BCUT2D eigenvalue weighted by Crippen LogP contribution is 2.35. The van der Waals surface area contributed by atoms with E-state index in [9.17, 15) is 0 Å². The van der Waals surface area contributed by atoms with Crippen molar-refractivity contribution in [2.24, 2.45) is 0 Å². The van der Waals surface area contributed by atoms with Crippen LogP contribution in [0.25, 0.3) is 0 Å². The molecule has 2 aromatic carbocycles. The fraction of sp³-hybridized carbons (Fsp3) is 0.478. The Kier molecular flexibility index (Phi) is 5.83. The zero-order chi connectivity index (χ0) is 18.5. The van der Waals surface area contributed by atoms with E-state index in [-0.39, 0.29) is 6.10 Å². The number of hydrogen-bond donors (Lipinski definition) is 0. The Labute approximate surface area is 162 Å². The zero-order valence-electron chi connectivity index (χ0n) is 16.1. The first-order chi connectivity index (χ1) is 13.3. The lowest BCUT2D eigenvalue weighted by Crippen LogP contribution is -2.43. The number of rotatable bonds is 6. The molecule has 2 aromatic rings. The van der Waals surface area contributed by atoms with E-state index in [0.29, 0.717) is 6.10 Å². The number of morpholine rings is 1. The molecule has 4 nitrogen and oxygen atoms in total. The fourth-order valence-corrected chi connectivity index (χ4v) is 4.09. The minimum atomic E-state index is 0.211. The molecule has 1 aliphatic carbocycles. The summed E-state index contributed by atoms with van der Waals surface area (Å²) in [6, 6.07) is 16.9. The van der Waals surface area contributed by atoms with Crippen LogP contribution in [0.5, 0.6) is 11.5 Å². The number of methoxy groups -OCH3 is 1. The van der Waals surface area contributed by atoms with Crippen molar-refractivity contribution in [3.05, 3.63) is 54.1 Å². The van der Waals surface area contributed by atoms with Crippen LogP contribution in [0.2, 0.25) is 0 Å². The van der Waals surface area contributed by atoms with Gasteiger partial charge >= 0.3 is 0 Å². The summed E-state index contributed by atoms with van der Waals surface area (Å²) < 4.78 is 17.8. The second-order valence-electron chi connectivity index (χ2n) is 7.49. The van der Waals surface area contributed by atoms with Crippen molar-refractivity contribution in [3.63, 3.8) is 0 Å². The third-order valence-electron chi connectivity index (χ3n) is 5.55. The summed E-state index contributed by atoms with van der Waals surface area (Å²) in [4.78, 5) is 2.40. The number of benzene rings is 2. The molecule has 0 N–H and O–H groups in total. The lowest BCUT2D eigenvalue weighted by molar-refractivity contribution is 0.0410. The van der Waals surface area contributed by atoms with Crippen molar-refractivity contribution in [3.8, 4) is 11.5 Å². The van der Waals surface area contributed by atoms with Crippen LogP contribution in [0, 0.1) is 0 Å². The highest BCUT2D eigenvalue weighted by molar-refractivity contribution is 5.57. The van der Waals surface area contributed by atoms with E-state index in [0.717, 1.165) is 50.5 Å². The van der Waals surface area contributed by atoms with Crippen LogP contribution in [0.15, 0.2) is 48.5 Å². The fourth-order valence-electron chi connectivity index (χ4n) is 4.09. The lowest BCUT2D eigenvalue weighted by atomic mass is 10.1. The van der Waals surface area contributed by atoms with Crippen molar-refractivity contribution in [2.45, 2.75) is 44.3 Å². The maximum atomic E-state index is 6.27. The summed E-state index contributed by atoms with van der Waals surface area (Å²) >= 11 is 0. The highest BCUT2D eigenvalue weighted by atomic mass is 16.5. The SMILES string of the molecule is COc1ccc(N2CCOC(Cc3ccccc3)C2)cc1OC1CCCC1. The average molecular weight is 367 g/mol. The zero-order valence-corrected chi connectivity index (χ0v) is 16.1. The first kappa shape index (κ1) is 18.2. The molecule has 1 saturated carbocycles. The molecular weight excluding hydrogens is 338 g/mol. The van der Waals surface area contributed by atoms with Crippen LogP contribution >= 0.6 is 0 Å². The third-order valence-corrected chi connectivity index (χ3v) is 5.55. The van der Waals surface area contributed by atoms with E-state index < -0.39 is 0 Å². The average Bonchev–Trinajstić information content (AvgIpc) is 3.22. The van der Waals surface area contributed by atoms with Crippen molar-refractivity contribution in [2.75, 3.05) is 31.7 Å². The van der Waals surface area contributed by atoms with E-state index in [1.165, 1.54) is 24.1 Å². The Hall–Kier alpha value is -2.20. The van der Waals surface area contributed by atoms with Gasteiger partial charge in [0.15, 0.2) is 11.5 Å². The Morgan fingerprint density at radius 2 is 1.85 bits per heavy atom. The van der Waals surface area contributed by atoms with Crippen LogP contribution in [-0.4, -0.2) is 39.0 Å². The van der Waals surface area contributed by atoms with Crippen molar-refractivity contribution in [1.29, 1.82) is 0 Å². The molecular formula is C23H29NO3. The molecule has 1 saturated heterocycles. The Morgan fingerprint density at radius 1 is 1.04 bits per heavy atom. The number of hydrogen-bond acceptors (Lipinski definition) is 4. The van der Waals surface area contributed by atoms with Gasteiger partial charge in [-0.05, 0) is 43.4 Å². The first-order valence-electron chi connectivity index (χ1n) is 10.1. The maximum Gasteiger partial charge on any atom is 0.163 e. The van der Waals surface area contributed by atoms with Gasteiger partial charge in [0.25, 0.3) is 0 Å². The molecule has 1 heterocycles. The molecule has 0 radical (unpaired) electrons. The molecule has 0 aromatic heterocycles. The van der Waals surface area contributed by atoms with Crippen LogP contribution in [0.4, 0.5) is 5.69 Å². The van der Waals surface area contributed by atoms with E-state index in [1.54, 1.807) is 7.11 Å². The second kappa shape index (κ2) is 8.66. The maximum absolute atomic E-state index is 6.27. The highest BCUT2D eigenvalue weighted by Gasteiger charge is 2.23. The Balaban J connectivity index is 1.46. The largest absolute Gasteiger partial charge is 0.493 e. The summed E-state index contributed by atoms with van der Waals surface area (Å²) in [5.74, 6) is 1.69. The van der Waals surface area contributed by atoms with E-state index in [2.05, 4.69) is 47.4 Å².